The van der Waals surface area contributed by atoms with E-state index in [0.717, 1.165) is 16.0 Å². The Morgan fingerprint density at radius 3 is 2.95 bits per heavy atom. The third-order valence-electron chi connectivity index (χ3n) is 3.42. The summed E-state index contributed by atoms with van der Waals surface area (Å²) in [7, 11) is 0. The van der Waals surface area contributed by atoms with Gasteiger partial charge in [0, 0.05) is 21.7 Å². The summed E-state index contributed by atoms with van der Waals surface area (Å²) in [5.74, 6) is 2.25. The van der Waals surface area contributed by atoms with E-state index < -0.39 is 0 Å². The highest BCUT2D eigenvalue weighted by atomic mass is 79.9. The Kier molecular flexibility index (Phi) is 3.85. The molecule has 0 bridgehead atoms. The fourth-order valence-electron chi connectivity index (χ4n) is 2.44. The van der Waals surface area contributed by atoms with Gasteiger partial charge < -0.3 is 5.32 Å². The molecule has 0 radical (unpaired) electrons. The van der Waals surface area contributed by atoms with Gasteiger partial charge in [0.25, 0.3) is 0 Å². The molecule has 1 nitrogen and oxygen atoms in total. The maximum Gasteiger partial charge on any atom is 0.0607 e. The first-order valence-electron chi connectivity index (χ1n) is 6.42. The Morgan fingerprint density at radius 2 is 2.05 bits per heavy atom. The number of benzene rings is 2. The molecule has 19 heavy (non-hydrogen) atoms. The van der Waals surface area contributed by atoms with E-state index in [2.05, 4.69) is 70.6 Å². The fraction of sp³-hybridized carbons (Fsp3) is 0.250. The number of hydrogen-bond acceptors (Lipinski definition) is 2. The van der Waals surface area contributed by atoms with E-state index in [1.807, 2.05) is 11.8 Å². The molecule has 1 aliphatic rings. The summed E-state index contributed by atoms with van der Waals surface area (Å²) in [4.78, 5) is 0. The first-order valence-corrected chi connectivity index (χ1v) is 8.37. The van der Waals surface area contributed by atoms with Gasteiger partial charge in [0.05, 0.1) is 6.04 Å². The van der Waals surface area contributed by atoms with Gasteiger partial charge in [-0.3, -0.25) is 0 Å². The minimum absolute atomic E-state index is 0.396. The highest BCUT2D eigenvalue weighted by Gasteiger charge is 2.20. The molecular formula is C16H16BrNS. The number of rotatable bonds is 2. The summed E-state index contributed by atoms with van der Waals surface area (Å²) in [6.07, 6.45) is 0. The van der Waals surface area contributed by atoms with Crippen molar-refractivity contribution in [3.05, 3.63) is 63.6 Å². The van der Waals surface area contributed by atoms with E-state index in [1.54, 1.807) is 0 Å². The SMILES string of the molecule is Cc1ccc(Br)c(NC2CSCc3ccccc32)c1. The van der Waals surface area contributed by atoms with Crippen LogP contribution in [0.4, 0.5) is 5.69 Å². The molecule has 1 atom stereocenters. The first-order chi connectivity index (χ1) is 9.24. The summed E-state index contributed by atoms with van der Waals surface area (Å²) < 4.78 is 1.13. The van der Waals surface area contributed by atoms with E-state index in [4.69, 9.17) is 0 Å². The summed E-state index contributed by atoms with van der Waals surface area (Å²) in [5, 5.41) is 3.68. The molecule has 2 aromatic rings. The average Bonchev–Trinajstić information content (AvgIpc) is 2.43. The number of anilines is 1. The number of halogens is 1. The monoisotopic (exact) mass is 333 g/mol. The minimum atomic E-state index is 0.396. The molecule has 0 amide bonds. The van der Waals surface area contributed by atoms with E-state index in [9.17, 15) is 0 Å². The second-order valence-electron chi connectivity index (χ2n) is 4.89. The van der Waals surface area contributed by atoms with Crippen LogP contribution in [-0.2, 0) is 5.75 Å². The van der Waals surface area contributed by atoms with Crippen molar-refractivity contribution in [2.45, 2.75) is 18.7 Å². The van der Waals surface area contributed by atoms with Crippen molar-refractivity contribution < 1.29 is 0 Å². The molecule has 1 N–H and O–H groups in total. The predicted octanol–water partition coefficient (Wildman–Crippen LogP) is 5.16. The molecule has 0 fully saturated rings. The molecule has 1 aliphatic heterocycles. The third kappa shape index (κ3) is 2.82. The third-order valence-corrected chi connectivity index (χ3v) is 5.20. The van der Waals surface area contributed by atoms with Crippen molar-refractivity contribution in [3.63, 3.8) is 0 Å². The molecule has 0 aliphatic carbocycles. The van der Waals surface area contributed by atoms with Gasteiger partial charge in [-0.05, 0) is 51.7 Å². The van der Waals surface area contributed by atoms with Gasteiger partial charge in [-0.2, -0.15) is 11.8 Å². The van der Waals surface area contributed by atoms with Crippen molar-refractivity contribution in [2.75, 3.05) is 11.1 Å². The number of hydrogen-bond donors (Lipinski definition) is 1. The maximum absolute atomic E-state index is 3.68. The highest BCUT2D eigenvalue weighted by Crippen LogP contribution is 2.35. The smallest absolute Gasteiger partial charge is 0.0607 e. The first kappa shape index (κ1) is 13.1. The van der Waals surface area contributed by atoms with Crippen molar-refractivity contribution in [2.24, 2.45) is 0 Å². The van der Waals surface area contributed by atoms with Crippen LogP contribution in [0.5, 0.6) is 0 Å². The van der Waals surface area contributed by atoms with Crippen LogP contribution in [0.25, 0.3) is 0 Å². The van der Waals surface area contributed by atoms with Crippen LogP contribution in [0, 0.1) is 6.92 Å². The van der Waals surface area contributed by atoms with Crippen LogP contribution < -0.4 is 5.32 Å². The molecule has 0 aromatic heterocycles. The van der Waals surface area contributed by atoms with Crippen LogP contribution in [0.2, 0.25) is 0 Å². The topological polar surface area (TPSA) is 12.0 Å². The molecule has 0 saturated carbocycles. The van der Waals surface area contributed by atoms with Crippen LogP contribution in [0.3, 0.4) is 0 Å². The second-order valence-corrected chi connectivity index (χ2v) is 6.78. The Hall–Kier alpha value is -0.930. The lowest BCUT2D eigenvalue weighted by molar-refractivity contribution is 0.870. The van der Waals surface area contributed by atoms with Gasteiger partial charge in [0.1, 0.15) is 0 Å². The van der Waals surface area contributed by atoms with E-state index >= 15 is 0 Å². The quantitative estimate of drug-likeness (QED) is 0.814. The highest BCUT2D eigenvalue weighted by molar-refractivity contribution is 9.10. The Morgan fingerprint density at radius 1 is 1.21 bits per heavy atom. The van der Waals surface area contributed by atoms with Gasteiger partial charge in [0.15, 0.2) is 0 Å². The molecular weight excluding hydrogens is 318 g/mol. The molecule has 3 heteroatoms. The summed E-state index contributed by atoms with van der Waals surface area (Å²) in [6.45, 7) is 2.13. The van der Waals surface area contributed by atoms with Gasteiger partial charge in [-0.25, -0.2) is 0 Å². The number of aryl methyl sites for hydroxylation is 1. The Bertz CT molecular complexity index is 597. The molecule has 2 aromatic carbocycles. The normalized spacial score (nSPS) is 17.9. The molecule has 98 valence electrons. The number of fused-ring (bicyclic) bond motifs is 1. The lowest BCUT2D eigenvalue weighted by Gasteiger charge is -2.27. The number of thioether (sulfide) groups is 1. The van der Waals surface area contributed by atoms with Crippen LogP contribution in [0.1, 0.15) is 22.7 Å². The summed E-state index contributed by atoms with van der Waals surface area (Å²) >= 11 is 5.63. The zero-order valence-electron chi connectivity index (χ0n) is 10.8. The summed E-state index contributed by atoms with van der Waals surface area (Å²) in [6, 6.07) is 15.6. The minimum Gasteiger partial charge on any atom is -0.376 e. The zero-order valence-corrected chi connectivity index (χ0v) is 13.2. The summed E-state index contributed by atoms with van der Waals surface area (Å²) in [5.41, 5.74) is 5.36. The fourth-order valence-corrected chi connectivity index (χ4v) is 3.90. The van der Waals surface area contributed by atoms with Gasteiger partial charge in [-0.15, -0.1) is 0 Å². The van der Waals surface area contributed by atoms with E-state index in [-0.39, 0.29) is 0 Å². The largest absolute Gasteiger partial charge is 0.376 e. The Labute approximate surface area is 126 Å². The number of nitrogens with one attached hydrogen (secondary N) is 1. The predicted molar refractivity (Wildman–Crippen MR) is 87.8 cm³/mol. The van der Waals surface area contributed by atoms with Crippen LogP contribution in [-0.4, -0.2) is 5.75 Å². The lowest BCUT2D eigenvalue weighted by atomic mass is 10.0. The van der Waals surface area contributed by atoms with E-state index in [0.29, 0.717) is 6.04 Å². The van der Waals surface area contributed by atoms with Gasteiger partial charge in [0.2, 0.25) is 0 Å². The molecule has 0 saturated heterocycles. The van der Waals surface area contributed by atoms with Gasteiger partial charge >= 0.3 is 0 Å². The average molecular weight is 334 g/mol. The second kappa shape index (κ2) is 5.59. The van der Waals surface area contributed by atoms with Crippen molar-refractivity contribution in [3.8, 4) is 0 Å². The molecule has 0 spiro atoms. The van der Waals surface area contributed by atoms with Crippen molar-refractivity contribution >= 4 is 33.4 Å². The zero-order chi connectivity index (χ0) is 13.2. The molecule has 1 unspecified atom stereocenters. The van der Waals surface area contributed by atoms with Crippen molar-refractivity contribution in [1.29, 1.82) is 0 Å². The van der Waals surface area contributed by atoms with E-state index in [1.165, 1.54) is 22.4 Å². The van der Waals surface area contributed by atoms with Gasteiger partial charge in [-0.1, -0.05) is 30.3 Å². The Balaban J connectivity index is 1.90. The molecule has 1 heterocycles. The van der Waals surface area contributed by atoms with Crippen LogP contribution >= 0.6 is 27.7 Å². The van der Waals surface area contributed by atoms with Crippen molar-refractivity contribution in [1.82, 2.24) is 0 Å². The van der Waals surface area contributed by atoms with Crippen LogP contribution in [0.15, 0.2) is 46.9 Å². The standard InChI is InChI=1S/C16H16BrNS/c1-11-6-7-14(17)15(8-11)18-16-10-19-9-12-4-2-3-5-13(12)16/h2-8,16,18H,9-10H2,1H3. The lowest BCUT2D eigenvalue weighted by Crippen LogP contribution is -2.18. The maximum atomic E-state index is 3.68. The molecule has 3 rings (SSSR count).